The molecule has 0 saturated carbocycles. The third kappa shape index (κ3) is 3.91. The number of halogens is 2. The molecule has 9 heteroatoms. The van der Waals surface area contributed by atoms with Gasteiger partial charge in [0.1, 0.15) is 5.75 Å². The van der Waals surface area contributed by atoms with Gasteiger partial charge in [-0.15, -0.1) is 0 Å². The summed E-state index contributed by atoms with van der Waals surface area (Å²) >= 11 is 0. The number of urea groups is 1. The van der Waals surface area contributed by atoms with Crippen LogP contribution in [0.25, 0.3) is 11.3 Å². The lowest BCUT2D eigenvalue weighted by atomic mass is 9.80. The molecule has 2 fully saturated rings. The van der Waals surface area contributed by atoms with Gasteiger partial charge in [-0.25, -0.2) is 13.6 Å². The lowest BCUT2D eigenvalue weighted by Gasteiger charge is -2.46. The number of nitrogens with one attached hydrogen (secondary N) is 2. The monoisotopic (exact) mass is 444 g/mol. The predicted octanol–water partition coefficient (Wildman–Crippen LogP) is 3.31. The summed E-state index contributed by atoms with van der Waals surface area (Å²) in [6, 6.07) is 8.71. The molecule has 0 bridgehead atoms. The maximum atomic E-state index is 15.1. The first-order chi connectivity index (χ1) is 15.5. The standard InChI is InChI=1S/C23H26F2N4O3/c24-23(25)14-17-13-19(27-15-20(17)32-22(23)5-7-26-8-6-22)16-1-3-18(4-2-16)28-21(30)29-9-11-31-12-10-29/h1-4,13,15,26H,5-12,14H2,(H,28,30). The highest BCUT2D eigenvalue weighted by Gasteiger charge is 2.58. The fourth-order valence-electron chi connectivity index (χ4n) is 4.55. The third-order valence-electron chi connectivity index (χ3n) is 6.47. The van der Waals surface area contributed by atoms with Gasteiger partial charge in [0.25, 0.3) is 5.92 Å². The van der Waals surface area contributed by atoms with Gasteiger partial charge in [0, 0.05) is 49.2 Å². The number of alkyl halides is 2. The number of ether oxygens (including phenoxy) is 2. The number of morpholine rings is 1. The fraction of sp³-hybridized carbons (Fsp3) is 0.478. The smallest absolute Gasteiger partial charge is 0.321 e. The normalized spacial score (nSPS) is 21.5. The van der Waals surface area contributed by atoms with Crippen molar-refractivity contribution >= 4 is 11.7 Å². The molecule has 170 valence electrons. The van der Waals surface area contributed by atoms with Gasteiger partial charge in [-0.2, -0.15) is 0 Å². The van der Waals surface area contributed by atoms with Gasteiger partial charge in [-0.3, -0.25) is 4.98 Å². The number of amides is 2. The molecule has 2 saturated heterocycles. The highest BCUT2D eigenvalue weighted by Crippen LogP contribution is 2.47. The van der Waals surface area contributed by atoms with Crippen molar-refractivity contribution in [1.29, 1.82) is 0 Å². The zero-order chi connectivity index (χ0) is 22.2. The minimum absolute atomic E-state index is 0.167. The number of nitrogens with zero attached hydrogens (tertiary/aromatic N) is 2. The third-order valence-corrected chi connectivity index (χ3v) is 6.47. The highest BCUT2D eigenvalue weighted by atomic mass is 19.3. The molecule has 4 heterocycles. The molecule has 2 aromatic rings. The van der Waals surface area contributed by atoms with Gasteiger partial charge >= 0.3 is 6.03 Å². The molecule has 7 nitrogen and oxygen atoms in total. The number of hydrogen-bond acceptors (Lipinski definition) is 5. The van der Waals surface area contributed by atoms with Gasteiger partial charge in [0.2, 0.25) is 0 Å². The van der Waals surface area contributed by atoms with Crippen LogP contribution in [0.5, 0.6) is 5.75 Å². The number of carbonyl (C=O) groups excluding carboxylic acids is 1. The first kappa shape index (κ1) is 21.1. The van der Waals surface area contributed by atoms with Crippen LogP contribution in [-0.2, 0) is 11.2 Å². The number of anilines is 1. The summed E-state index contributed by atoms with van der Waals surface area (Å²) in [7, 11) is 0. The van der Waals surface area contributed by atoms with Crippen molar-refractivity contribution in [2.75, 3.05) is 44.7 Å². The van der Waals surface area contributed by atoms with E-state index in [0.717, 1.165) is 5.56 Å². The van der Waals surface area contributed by atoms with Crippen molar-refractivity contribution in [3.05, 3.63) is 42.1 Å². The second kappa shape index (κ2) is 8.29. The Morgan fingerprint density at radius 2 is 1.84 bits per heavy atom. The largest absolute Gasteiger partial charge is 0.479 e. The summed E-state index contributed by atoms with van der Waals surface area (Å²) in [6.45, 7) is 3.24. The lowest BCUT2D eigenvalue weighted by molar-refractivity contribution is -0.187. The average molecular weight is 444 g/mol. The van der Waals surface area contributed by atoms with Crippen LogP contribution in [0, 0.1) is 0 Å². The Morgan fingerprint density at radius 1 is 1.12 bits per heavy atom. The Bertz CT molecular complexity index is 987. The number of benzene rings is 1. The van der Waals surface area contributed by atoms with Crippen LogP contribution in [0.4, 0.5) is 19.3 Å². The Labute approximate surface area is 185 Å². The van der Waals surface area contributed by atoms with Crippen molar-refractivity contribution in [3.8, 4) is 17.0 Å². The van der Waals surface area contributed by atoms with Crippen LogP contribution < -0.4 is 15.4 Å². The Hall–Kier alpha value is -2.78. The first-order valence-electron chi connectivity index (χ1n) is 11.0. The summed E-state index contributed by atoms with van der Waals surface area (Å²) < 4.78 is 41.3. The van der Waals surface area contributed by atoms with Crippen molar-refractivity contribution < 1.29 is 23.0 Å². The second-order valence-electron chi connectivity index (χ2n) is 8.51. The highest BCUT2D eigenvalue weighted by molar-refractivity contribution is 5.89. The van der Waals surface area contributed by atoms with E-state index in [1.807, 2.05) is 12.1 Å². The fourth-order valence-corrected chi connectivity index (χ4v) is 4.55. The summed E-state index contributed by atoms with van der Waals surface area (Å²) in [4.78, 5) is 18.5. The number of rotatable bonds is 2. The van der Waals surface area contributed by atoms with Crippen molar-refractivity contribution in [1.82, 2.24) is 15.2 Å². The molecule has 2 amide bonds. The number of pyridine rings is 1. The van der Waals surface area contributed by atoms with Gasteiger partial charge in [0.15, 0.2) is 5.60 Å². The van der Waals surface area contributed by atoms with E-state index in [1.165, 1.54) is 0 Å². The number of piperidine rings is 1. The molecule has 0 radical (unpaired) electrons. The number of fused-ring (bicyclic) bond motifs is 1. The molecule has 5 rings (SSSR count). The number of aromatic nitrogens is 1. The molecular formula is C23H26F2N4O3. The lowest BCUT2D eigenvalue weighted by Crippen LogP contribution is -2.60. The minimum atomic E-state index is -2.94. The van der Waals surface area contributed by atoms with Gasteiger partial charge in [-0.1, -0.05) is 12.1 Å². The van der Waals surface area contributed by atoms with E-state index in [-0.39, 0.29) is 25.3 Å². The molecule has 2 N–H and O–H groups in total. The Morgan fingerprint density at radius 3 is 2.56 bits per heavy atom. The van der Waals surface area contributed by atoms with Crippen LogP contribution >= 0.6 is 0 Å². The topological polar surface area (TPSA) is 75.7 Å². The van der Waals surface area contributed by atoms with E-state index in [4.69, 9.17) is 9.47 Å². The van der Waals surface area contributed by atoms with Crippen molar-refractivity contribution in [3.63, 3.8) is 0 Å². The molecule has 3 aliphatic heterocycles. The SMILES string of the molecule is O=C(Nc1ccc(-c2cc3c(cn2)OC2(CCNCC2)C(F)(F)C3)cc1)N1CCOCC1. The average Bonchev–Trinajstić information content (AvgIpc) is 2.81. The number of carbonyl (C=O) groups is 1. The predicted molar refractivity (Wildman–Crippen MR) is 115 cm³/mol. The molecule has 1 aromatic carbocycles. The van der Waals surface area contributed by atoms with Crippen LogP contribution in [0.15, 0.2) is 36.5 Å². The van der Waals surface area contributed by atoms with Gasteiger partial charge in [0.05, 0.1) is 25.1 Å². The molecule has 0 aliphatic carbocycles. The molecular weight excluding hydrogens is 418 g/mol. The van der Waals surface area contributed by atoms with E-state index in [0.29, 0.717) is 62.1 Å². The van der Waals surface area contributed by atoms with Gasteiger partial charge in [-0.05, 0) is 31.3 Å². The zero-order valence-corrected chi connectivity index (χ0v) is 17.7. The summed E-state index contributed by atoms with van der Waals surface area (Å²) in [6.07, 6.45) is 1.75. The maximum absolute atomic E-state index is 15.1. The molecule has 0 unspecified atom stereocenters. The Balaban J connectivity index is 1.31. The zero-order valence-electron chi connectivity index (χ0n) is 17.7. The van der Waals surface area contributed by atoms with Crippen LogP contribution in [0.1, 0.15) is 18.4 Å². The van der Waals surface area contributed by atoms with Crippen molar-refractivity contribution in [2.45, 2.75) is 30.8 Å². The van der Waals surface area contributed by atoms with E-state index >= 15 is 8.78 Å². The molecule has 1 aromatic heterocycles. The van der Waals surface area contributed by atoms with E-state index in [1.54, 1.807) is 29.3 Å². The quantitative estimate of drug-likeness (QED) is 0.744. The summed E-state index contributed by atoms with van der Waals surface area (Å²) in [5, 5.41) is 5.99. The Kier molecular flexibility index (Phi) is 5.46. The molecule has 0 atom stereocenters. The van der Waals surface area contributed by atoms with E-state index < -0.39 is 11.5 Å². The van der Waals surface area contributed by atoms with E-state index in [2.05, 4.69) is 15.6 Å². The van der Waals surface area contributed by atoms with Crippen LogP contribution in [0.2, 0.25) is 0 Å². The summed E-state index contributed by atoms with van der Waals surface area (Å²) in [5.41, 5.74) is 1.05. The molecule has 1 spiro atoms. The first-order valence-corrected chi connectivity index (χ1v) is 11.0. The van der Waals surface area contributed by atoms with Gasteiger partial charge < -0.3 is 25.0 Å². The minimum Gasteiger partial charge on any atom is -0.479 e. The van der Waals surface area contributed by atoms with E-state index in [9.17, 15) is 4.79 Å². The van der Waals surface area contributed by atoms with Crippen molar-refractivity contribution in [2.24, 2.45) is 0 Å². The molecule has 3 aliphatic rings. The molecule has 32 heavy (non-hydrogen) atoms. The number of hydrogen-bond donors (Lipinski definition) is 2. The van der Waals surface area contributed by atoms with Crippen LogP contribution in [0.3, 0.4) is 0 Å². The van der Waals surface area contributed by atoms with Crippen LogP contribution in [-0.4, -0.2) is 66.8 Å². The maximum Gasteiger partial charge on any atom is 0.321 e. The second-order valence-corrected chi connectivity index (χ2v) is 8.51. The summed E-state index contributed by atoms with van der Waals surface area (Å²) in [5.74, 6) is -2.50.